The Kier molecular flexibility index (Phi) is 1.90. The van der Waals surface area contributed by atoms with E-state index in [1.807, 2.05) is 19.1 Å². The Labute approximate surface area is 79.0 Å². The van der Waals surface area contributed by atoms with E-state index < -0.39 is 0 Å². The molecule has 2 nitrogen and oxygen atoms in total. The number of hydrogen-bond donors (Lipinski definition) is 0. The van der Waals surface area contributed by atoms with Crippen molar-refractivity contribution in [1.82, 2.24) is 0 Å². The maximum atomic E-state index is 12.0. The molecule has 0 saturated heterocycles. The third kappa shape index (κ3) is 1.36. The van der Waals surface area contributed by atoms with Crippen LogP contribution in [0.25, 0.3) is 0 Å². The van der Waals surface area contributed by atoms with E-state index in [9.17, 15) is 5.21 Å². The SMILES string of the molecule is CC1c2ccccc2CC[N+]1(C)[O-]. The van der Waals surface area contributed by atoms with Crippen LogP contribution in [-0.2, 0) is 6.42 Å². The average Bonchev–Trinajstić information content (AvgIpc) is 2.13. The highest BCUT2D eigenvalue weighted by atomic mass is 16.5. The first-order valence-corrected chi connectivity index (χ1v) is 4.75. The van der Waals surface area contributed by atoms with Crippen LogP contribution in [0.4, 0.5) is 0 Å². The molecule has 2 heteroatoms. The third-order valence-corrected chi connectivity index (χ3v) is 3.15. The Morgan fingerprint density at radius 1 is 1.38 bits per heavy atom. The van der Waals surface area contributed by atoms with E-state index >= 15 is 0 Å². The van der Waals surface area contributed by atoms with Gasteiger partial charge in [0, 0.05) is 12.0 Å². The highest BCUT2D eigenvalue weighted by Gasteiger charge is 2.28. The molecule has 13 heavy (non-hydrogen) atoms. The lowest BCUT2D eigenvalue weighted by Crippen LogP contribution is -2.44. The predicted octanol–water partition coefficient (Wildman–Crippen LogP) is 2.25. The van der Waals surface area contributed by atoms with E-state index in [1.54, 1.807) is 7.05 Å². The molecule has 1 heterocycles. The summed E-state index contributed by atoms with van der Waals surface area (Å²) < 4.78 is -0.128. The molecule has 0 fully saturated rings. The van der Waals surface area contributed by atoms with Crippen LogP contribution in [0.5, 0.6) is 0 Å². The fourth-order valence-electron chi connectivity index (χ4n) is 2.00. The summed E-state index contributed by atoms with van der Waals surface area (Å²) in [6.07, 6.45) is 0.917. The molecule has 1 aliphatic rings. The average molecular weight is 177 g/mol. The molecule has 0 saturated carbocycles. The predicted molar refractivity (Wildman–Crippen MR) is 53.0 cm³/mol. The Bertz CT molecular complexity index is 320. The van der Waals surface area contributed by atoms with Gasteiger partial charge in [0.05, 0.1) is 13.6 Å². The Balaban J connectivity index is 2.45. The minimum absolute atomic E-state index is 0.0879. The molecule has 1 aliphatic heterocycles. The number of quaternary nitrogens is 1. The molecule has 0 amide bonds. The van der Waals surface area contributed by atoms with Gasteiger partial charge in [0.2, 0.25) is 0 Å². The number of rotatable bonds is 0. The van der Waals surface area contributed by atoms with Gasteiger partial charge in [-0.2, -0.15) is 0 Å². The van der Waals surface area contributed by atoms with Crippen molar-refractivity contribution in [3.8, 4) is 0 Å². The lowest BCUT2D eigenvalue weighted by atomic mass is 9.94. The normalized spacial score (nSPS) is 32.7. The third-order valence-electron chi connectivity index (χ3n) is 3.15. The lowest BCUT2D eigenvalue weighted by molar-refractivity contribution is -0.892. The largest absolute Gasteiger partial charge is 0.633 e. The summed E-state index contributed by atoms with van der Waals surface area (Å²) in [6.45, 7) is 2.73. The van der Waals surface area contributed by atoms with Crippen molar-refractivity contribution < 1.29 is 4.65 Å². The highest BCUT2D eigenvalue weighted by Crippen LogP contribution is 2.32. The van der Waals surface area contributed by atoms with Gasteiger partial charge in [0.15, 0.2) is 0 Å². The number of nitrogens with zero attached hydrogens (tertiary/aromatic N) is 1. The molecule has 0 radical (unpaired) electrons. The molecule has 1 aromatic carbocycles. The van der Waals surface area contributed by atoms with Crippen molar-refractivity contribution in [3.05, 3.63) is 40.6 Å². The Hall–Kier alpha value is -0.860. The smallest absolute Gasteiger partial charge is 0.112 e. The number of hydroxylamine groups is 3. The van der Waals surface area contributed by atoms with Gasteiger partial charge in [-0.15, -0.1) is 0 Å². The van der Waals surface area contributed by atoms with Crippen LogP contribution in [0.1, 0.15) is 24.1 Å². The first kappa shape index (κ1) is 8.73. The summed E-state index contributed by atoms with van der Waals surface area (Å²) in [4.78, 5) is 0. The Morgan fingerprint density at radius 3 is 2.85 bits per heavy atom. The molecule has 0 aliphatic carbocycles. The summed E-state index contributed by atoms with van der Waals surface area (Å²) in [6, 6.07) is 8.36. The second-order valence-corrected chi connectivity index (χ2v) is 4.02. The molecule has 2 rings (SSSR count). The van der Waals surface area contributed by atoms with E-state index in [-0.39, 0.29) is 10.7 Å². The van der Waals surface area contributed by atoms with Crippen LogP contribution in [0, 0.1) is 5.21 Å². The highest BCUT2D eigenvalue weighted by molar-refractivity contribution is 5.30. The number of benzene rings is 1. The number of fused-ring (bicyclic) bond motifs is 1. The number of likely N-dealkylation sites (N-methyl/N-ethyl adjacent to an activating group) is 1. The van der Waals surface area contributed by atoms with Crippen LogP contribution >= 0.6 is 0 Å². The standard InChI is InChI=1S/C11H15NO/c1-9-11-6-4-3-5-10(11)7-8-12(9,2)13/h3-6,9H,7-8H2,1-2H3. The molecule has 70 valence electrons. The zero-order chi connectivity index (χ0) is 9.47. The van der Waals surface area contributed by atoms with Crippen LogP contribution in [0.15, 0.2) is 24.3 Å². The van der Waals surface area contributed by atoms with Gasteiger partial charge in [-0.25, -0.2) is 0 Å². The molecule has 0 bridgehead atoms. The van der Waals surface area contributed by atoms with E-state index in [0.717, 1.165) is 6.42 Å². The van der Waals surface area contributed by atoms with E-state index in [4.69, 9.17) is 0 Å². The topological polar surface area (TPSA) is 23.1 Å². The minimum Gasteiger partial charge on any atom is -0.633 e. The zero-order valence-corrected chi connectivity index (χ0v) is 8.16. The Morgan fingerprint density at radius 2 is 2.08 bits per heavy atom. The van der Waals surface area contributed by atoms with Gasteiger partial charge in [0.1, 0.15) is 6.04 Å². The van der Waals surface area contributed by atoms with Crippen LogP contribution < -0.4 is 0 Å². The van der Waals surface area contributed by atoms with Crippen LogP contribution in [0.3, 0.4) is 0 Å². The minimum atomic E-state index is -0.128. The van der Waals surface area contributed by atoms with E-state index in [1.165, 1.54) is 11.1 Å². The summed E-state index contributed by atoms with van der Waals surface area (Å²) in [5.41, 5.74) is 2.58. The zero-order valence-electron chi connectivity index (χ0n) is 8.16. The molecule has 0 N–H and O–H groups in total. The quantitative estimate of drug-likeness (QED) is 0.440. The second kappa shape index (κ2) is 2.82. The molecule has 0 spiro atoms. The van der Waals surface area contributed by atoms with Crippen molar-refractivity contribution in [2.45, 2.75) is 19.4 Å². The summed E-state index contributed by atoms with van der Waals surface area (Å²) in [5, 5.41) is 12.0. The molecular weight excluding hydrogens is 162 g/mol. The van der Waals surface area contributed by atoms with Gasteiger partial charge in [0.25, 0.3) is 0 Å². The van der Waals surface area contributed by atoms with Crippen molar-refractivity contribution in [1.29, 1.82) is 0 Å². The molecule has 2 unspecified atom stereocenters. The molecular formula is C11H15NO. The second-order valence-electron chi connectivity index (χ2n) is 4.02. The first-order chi connectivity index (χ1) is 6.11. The van der Waals surface area contributed by atoms with Crippen molar-refractivity contribution >= 4 is 0 Å². The van der Waals surface area contributed by atoms with Gasteiger partial charge < -0.3 is 9.85 Å². The van der Waals surface area contributed by atoms with Gasteiger partial charge in [-0.1, -0.05) is 24.3 Å². The monoisotopic (exact) mass is 177 g/mol. The maximum absolute atomic E-state index is 12.0. The van der Waals surface area contributed by atoms with Crippen molar-refractivity contribution in [3.63, 3.8) is 0 Å². The van der Waals surface area contributed by atoms with Crippen LogP contribution in [-0.4, -0.2) is 18.2 Å². The maximum Gasteiger partial charge on any atom is 0.112 e. The molecule has 1 aromatic rings. The van der Waals surface area contributed by atoms with Gasteiger partial charge in [-0.3, -0.25) is 0 Å². The van der Waals surface area contributed by atoms with E-state index in [2.05, 4.69) is 12.1 Å². The summed E-state index contributed by atoms with van der Waals surface area (Å²) in [7, 11) is 1.76. The number of hydrogen-bond acceptors (Lipinski definition) is 1. The summed E-state index contributed by atoms with van der Waals surface area (Å²) >= 11 is 0. The van der Waals surface area contributed by atoms with Crippen molar-refractivity contribution in [2.24, 2.45) is 0 Å². The lowest BCUT2D eigenvalue weighted by Gasteiger charge is -2.47. The fourth-order valence-corrected chi connectivity index (χ4v) is 2.00. The van der Waals surface area contributed by atoms with Gasteiger partial charge in [-0.05, 0) is 12.5 Å². The van der Waals surface area contributed by atoms with Gasteiger partial charge >= 0.3 is 0 Å². The summed E-state index contributed by atoms with van der Waals surface area (Å²) in [5.74, 6) is 0. The van der Waals surface area contributed by atoms with Crippen LogP contribution in [0.2, 0.25) is 0 Å². The molecule has 2 atom stereocenters. The fraction of sp³-hybridized carbons (Fsp3) is 0.455. The first-order valence-electron chi connectivity index (χ1n) is 4.75. The molecule has 0 aromatic heterocycles. The van der Waals surface area contributed by atoms with E-state index in [0.29, 0.717) is 6.54 Å². The van der Waals surface area contributed by atoms with Crippen molar-refractivity contribution in [2.75, 3.05) is 13.6 Å².